The second-order valence-corrected chi connectivity index (χ2v) is 6.27. The van der Waals surface area contributed by atoms with Crippen LogP contribution in [0.5, 0.6) is 0 Å². The number of hydrogen-bond acceptors (Lipinski definition) is 2. The van der Waals surface area contributed by atoms with Crippen molar-refractivity contribution in [2.24, 2.45) is 0 Å². The summed E-state index contributed by atoms with van der Waals surface area (Å²) in [4.78, 5) is 0. The van der Waals surface area contributed by atoms with E-state index >= 15 is 0 Å². The van der Waals surface area contributed by atoms with Gasteiger partial charge in [-0.2, -0.15) is 0 Å². The number of aryl methyl sites for hydroxylation is 2. The Morgan fingerprint density at radius 2 is 1.71 bits per heavy atom. The lowest BCUT2D eigenvalue weighted by atomic mass is 9.79. The van der Waals surface area contributed by atoms with Crippen molar-refractivity contribution in [3.05, 3.63) is 58.0 Å². The average Bonchev–Trinajstić information content (AvgIpc) is 2.66. The number of benzene rings is 1. The van der Waals surface area contributed by atoms with E-state index in [0.29, 0.717) is 0 Å². The summed E-state index contributed by atoms with van der Waals surface area (Å²) >= 11 is 0. The molecule has 1 N–H and O–H groups in total. The zero-order valence-corrected chi connectivity index (χ0v) is 13.5. The molecule has 1 aliphatic carbocycles. The molecule has 0 saturated heterocycles. The predicted molar refractivity (Wildman–Crippen MR) is 86.9 cm³/mol. The Balaban J connectivity index is 1.92. The van der Waals surface area contributed by atoms with Crippen LogP contribution in [0.15, 0.2) is 28.7 Å². The van der Waals surface area contributed by atoms with Crippen LogP contribution in [0, 0.1) is 20.8 Å². The molecule has 2 heteroatoms. The largest absolute Gasteiger partial charge is 0.466 e. The van der Waals surface area contributed by atoms with Crippen molar-refractivity contribution in [3.8, 4) is 0 Å². The Kier molecular flexibility index (Phi) is 3.90. The van der Waals surface area contributed by atoms with Crippen molar-refractivity contribution in [1.29, 1.82) is 0 Å². The van der Waals surface area contributed by atoms with Crippen LogP contribution in [0.3, 0.4) is 0 Å². The number of rotatable bonds is 4. The molecule has 112 valence electrons. The average molecular weight is 283 g/mol. The second-order valence-electron chi connectivity index (χ2n) is 6.27. The minimum atomic E-state index is 0.206. The zero-order chi connectivity index (χ0) is 15.0. The molecule has 1 aliphatic rings. The van der Waals surface area contributed by atoms with E-state index in [-0.39, 0.29) is 6.04 Å². The van der Waals surface area contributed by atoms with E-state index in [1.54, 1.807) is 0 Å². The molecule has 1 atom stereocenters. The standard InChI is InChI=1S/C19H25NO/c1-12-13(2)21-14(3)18(12)19(20-4)17-10-8-16(9-11-17)15-6-5-7-15/h8-11,15,19-20H,5-7H2,1-4H3. The van der Waals surface area contributed by atoms with E-state index < -0.39 is 0 Å². The van der Waals surface area contributed by atoms with Gasteiger partial charge < -0.3 is 9.73 Å². The molecule has 2 aromatic rings. The first-order valence-electron chi connectivity index (χ1n) is 7.95. The molecule has 1 aromatic heterocycles. The van der Waals surface area contributed by atoms with Crippen molar-refractivity contribution in [2.45, 2.75) is 52.0 Å². The molecule has 1 aromatic carbocycles. The van der Waals surface area contributed by atoms with Crippen molar-refractivity contribution >= 4 is 0 Å². The van der Waals surface area contributed by atoms with Crippen LogP contribution in [0.25, 0.3) is 0 Å². The van der Waals surface area contributed by atoms with Crippen LogP contribution in [0.4, 0.5) is 0 Å². The third-order valence-corrected chi connectivity index (χ3v) is 5.04. The van der Waals surface area contributed by atoms with Gasteiger partial charge in [-0.05, 0) is 63.3 Å². The fourth-order valence-electron chi connectivity index (χ4n) is 3.41. The molecule has 0 spiro atoms. The van der Waals surface area contributed by atoms with E-state index in [9.17, 15) is 0 Å². The quantitative estimate of drug-likeness (QED) is 0.873. The van der Waals surface area contributed by atoms with Gasteiger partial charge in [0, 0.05) is 5.56 Å². The summed E-state index contributed by atoms with van der Waals surface area (Å²) in [5, 5.41) is 3.45. The molecule has 21 heavy (non-hydrogen) atoms. The van der Waals surface area contributed by atoms with Gasteiger partial charge in [0.15, 0.2) is 0 Å². The Bertz CT molecular complexity index is 620. The maximum absolute atomic E-state index is 5.80. The maximum atomic E-state index is 5.80. The van der Waals surface area contributed by atoms with Crippen LogP contribution >= 0.6 is 0 Å². The summed E-state index contributed by atoms with van der Waals surface area (Å²) in [5.74, 6) is 2.84. The number of furan rings is 1. The highest BCUT2D eigenvalue weighted by atomic mass is 16.3. The second kappa shape index (κ2) is 5.69. The highest BCUT2D eigenvalue weighted by Gasteiger charge is 2.23. The van der Waals surface area contributed by atoms with Gasteiger partial charge in [-0.3, -0.25) is 0 Å². The summed E-state index contributed by atoms with van der Waals surface area (Å²) in [6.07, 6.45) is 4.10. The van der Waals surface area contributed by atoms with E-state index in [4.69, 9.17) is 4.42 Å². The number of nitrogens with one attached hydrogen (secondary N) is 1. The van der Waals surface area contributed by atoms with E-state index in [2.05, 4.69) is 43.4 Å². The van der Waals surface area contributed by atoms with Gasteiger partial charge in [0.25, 0.3) is 0 Å². The van der Waals surface area contributed by atoms with Crippen molar-refractivity contribution in [3.63, 3.8) is 0 Å². The van der Waals surface area contributed by atoms with Crippen molar-refractivity contribution < 1.29 is 4.42 Å². The fourth-order valence-corrected chi connectivity index (χ4v) is 3.41. The summed E-state index contributed by atoms with van der Waals surface area (Å²) in [6, 6.07) is 9.37. The molecule has 1 fully saturated rings. The highest BCUT2D eigenvalue weighted by molar-refractivity contribution is 5.41. The van der Waals surface area contributed by atoms with Crippen LogP contribution in [-0.4, -0.2) is 7.05 Å². The van der Waals surface area contributed by atoms with E-state index in [1.807, 2.05) is 14.0 Å². The predicted octanol–water partition coefficient (Wildman–Crippen LogP) is 4.78. The van der Waals surface area contributed by atoms with Gasteiger partial charge >= 0.3 is 0 Å². The third kappa shape index (κ3) is 2.53. The molecule has 1 unspecified atom stereocenters. The zero-order valence-electron chi connectivity index (χ0n) is 13.5. The van der Waals surface area contributed by atoms with Crippen LogP contribution in [0.2, 0.25) is 0 Å². The van der Waals surface area contributed by atoms with Gasteiger partial charge in [-0.1, -0.05) is 30.7 Å². The summed E-state index contributed by atoms with van der Waals surface area (Å²) in [7, 11) is 2.02. The number of hydrogen-bond donors (Lipinski definition) is 1. The maximum Gasteiger partial charge on any atom is 0.106 e. The Hall–Kier alpha value is -1.54. The molecular weight excluding hydrogens is 258 g/mol. The summed E-state index contributed by atoms with van der Waals surface area (Å²) in [5.41, 5.74) is 5.35. The van der Waals surface area contributed by atoms with Crippen LogP contribution < -0.4 is 5.32 Å². The smallest absolute Gasteiger partial charge is 0.106 e. The molecule has 0 aliphatic heterocycles. The van der Waals surface area contributed by atoms with Gasteiger partial charge in [-0.15, -0.1) is 0 Å². The minimum absolute atomic E-state index is 0.206. The van der Waals surface area contributed by atoms with E-state index in [0.717, 1.165) is 17.4 Å². The van der Waals surface area contributed by atoms with Crippen molar-refractivity contribution in [1.82, 2.24) is 5.32 Å². The molecule has 0 bridgehead atoms. The summed E-state index contributed by atoms with van der Waals surface area (Å²) in [6.45, 7) is 6.24. The molecule has 3 rings (SSSR count). The van der Waals surface area contributed by atoms with Crippen LogP contribution in [-0.2, 0) is 0 Å². The molecule has 0 radical (unpaired) electrons. The van der Waals surface area contributed by atoms with Gasteiger partial charge in [0.1, 0.15) is 11.5 Å². The Morgan fingerprint density at radius 3 is 2.14 bits per heavy atom. The SMILES string of the molecule is CNC(c1ccc(C2CCC2)cc1)c1c(C)oc(C)c1C. The molecule has 0 amide bonds. The molecule has 2 nitrogen and oxygen atoms in total. The van der Waals surface area contributed by atoms with Crippen molar-refractivity contribution in [2.75, 3.05) is 7.05 Å². The Labute approximate surface area is 127 Å². The van der Waals surface area contributed by atoms with Gasteiger partial charge in [0.2, 0.25) is 0 Å². The van der Waals surface area contributed by atoms with E-state index in [1.165, 1.54) is 41.5 Å². The lowest BCUT2D eigenvalue weighted by molar-refractivity contribution is 0.419. The molecular formula is C19H25NO. The fraction of sp³-hybridized carbons (Fsp3) is 0.474. The summed E-state index contributed by atoms with van der Waals surface area (Å²) < 4.78 is 5.80. The van der Waals surface area contributed by atoms with Gasteiger partial charge in [0.05, 0.1) is 6.04 Å². The first kappa shape index (κ1) is 14.4. The Morgan fingerprint density at radius 1 is 1.05 bits per heavy atom. The van der Waals surface area contributed by atoms with Crippen LogP contribution in [0.1, 0.15) is 65.0 Å². The monoisotopic (exact) mass is 283 g/mol. The molecule has 1 saturated carbocycles. The normalized spacial score (nSPS) is 16.8. The first-order chi connectivity index (χ1) is 10.1. The molecule has 1 heterocycles. The minimum Gasteiger partial charge on any atom is -0.466 e. The van der Waals surface area contributed by atoms with Gasteiger partial charge in [-0.25, -0.2) is 0 Å². The topological polar surface area (TPSA) is 25.2 Å². The highest BCUT2D eigenvalue weighted by Crippen LogP contribution is 2.37. The third-order valence-electron chi connectivity index (χ3n) is 5.04. The lowest BCUT2D eigenvalue weighted by Crippen LogP contribution is -2.19. The lowest BCUT2D eigenvalue weighted by Gasteiger charge is -2.26. The first-order valence-corrected chi connectivity index (χ1v) is 7.95.